The summed E-state index contributed by atoms with van der Waals surface area (Å²) in [5, 5.41) is 0. The molecule has 0 aromatic rings. The maximum absolute atomic E-state index is 8.28. The second kappa shape index (κ2) is 51.0. The molecule has 0 N–H and O–H groups in total. The van der Waals surface area contributed by atoms with Crippen LogP contribution in [0, 0.1) is 0 Å². The van der Waals surface area contributed by atoms with E-state index in [-0.39, 0.29) is 28.5 Å². The first-order chi connectivity index (χ1) is 1.00. The molecular weight excluding hydrogens is 84.4 g/mol. The van der Waals surface area contributed by atoms with Gasteiger partial charge in [-0.1, -0.05) is 0 Å². The fourth-order valence-electron chi connectivity index (χ4n) is 0. The van der Waals surface area contributed by atoms with E-state index in [1.807, 2.05) is 0 Å². The molecule has 0 bridgehead atoms. The van der Waals surface area contributed by atoms with Gasteiger partial charge in [-0.05, 0) is 0 Å². The fourth-order valence-corrected chi connectivity index (χ4v) is 0. The smallest absolute Gasteiger partial charge is 2.00 e. The maximum Gasteiger partial charge on any atom is 2.00 e. The minimum Gasteiger partial charge on any atom is -2.00 e. The van der Waals surface area contributed by atoms with Gasteiger partial charge in [0.25, 0.3) is 0 Å². The van der Waals surface area contributed by atoms with Crippen LogP contribution in [0.2, 0.25) is 0 Å². The SMILES string of the molecule is O=[SiH2].[Mg+2].[O-2]. The van der Waals surface area contributed by atoms with Gasteiger partial charge < -0.3 is 9.94 Å². The first kappa shape index (κ1) is 21.9. The molecule has 2 nitrogen and oxygen atoms in total. The van der Waals surface area contributed by atoms with Crippen LogP contribution in [0.4, 0.5) is 0 Å². The van der Waals surface area contributed by atoms with Crippen LogP contribution in [0.5, 0.6) is 0 Å². The van der Waals surface area contributed by atoms with Crippen molar-refractivity contribution in [2.45, 2.75) is 0 Å². The van der Waals surface area contributed by atoms with Crippen LogP contribution >= 0.6 is 0 Å². The molecule has 4 heteroatoms. The molecule has 0 fully saturated rings. The Kier molecular flexibility index (Phi) is 279. The van der Waals surface area contributed by atoms with Gasteiger partial charge in [0.2, 0.25) is 10.1 Å². The van der Waals surface area contributed by atoms with Crippen LogP contribution in [-0.4, -0.2) is 33.2 Å². The molecule has 0 atom stereocenters. The van der Waals surface area contributed by atoms with Gasteiger partial charge in [0, 0.05) is 0 Å². The molecule has 0 aliphatic rings. The van der Waals surface area contributed by atoms with E-state index in [1.165, 1.54) is 0 Å². The van der Waals surface area contributed by atoms with Gasteiger partial charge in [-0.3, -0.25) is 0 Å². The number of hydrogen-bond donors (Lipinski definition) is 0. The molecular formula is H2MgO2Si. The zero-order chi connectivity index (χ0) is 2.00. The molecule has 0 radical (unpaired) electrons. The van der Waals surface area contributed by atoms with Crippen molar-refractivity contribution < 1.29 is 9.94 Å². The minimum absolute atomic E-state index is 0. The third kappa shape index (κ3) is 15.1. The maximum atomic E-state index is 8.28. The average molecular weight is 86.4 g/mol. The first-order valence-electron chi connectivity index (χ1n) is 0.289. The molecule has 0 aromatic heterocycles. The Morgan fingerprint density at radius 3 is 1.25 bits per heavy atom. The summed E-state index contributed by atoms with van der Waals surface area (Å²) < 4.78 is 8.28. The van der Waals surface area contributed by atoms with Crippen LogP contribution in [0.15, 0.2) is 0 Å². The van der Waals surface area contributed by atoms with Crippen LogP contribution < -0.4 is 0 Å². The molecule has 0 spiro atoms. The van der Waals surface area contributed by atoms with Crippen LogP contribution in [-0.2, 0) is 9.94 Å². The van der Waals surface area contributed by atoms with E-state index in [4.69, 9.17) is 4.46 Å². The third-order valence-corrected chi connectivity index (χ3v) is 0. The van der Waals surface area contributed by atoms with E-state index in [0.717, 1.165) is 0 Å². The minimum atomic E-state index is 0. The molecule has 4 heavy (non-hydrogen) atoms. The molecule has 0 heterocycles. The second-order valence-electron chi connectivity index (χ2n) is 0. The van der Waals surface area contributed by atoms with Gasteiger partial charge in [-0.2, -0.15) is 0 Å². The van der Waals surface area contributed by atoms with Crippen LogP contribution in [0.3, 0.4) is 0 Å². The summed E-state index contributed by atoms with van der Waals surface area (Å²) in [4.78, 5) is 0. The molecule has 0 saturated heterocycles. The zero-order valence-electron chi connectivity index (χ0n) is 2.23. The van der Waals surface area contributed by atoms with Crippen molar-refractivity contribution in [3.8, 4) is 0 Å². The van der Waals surface area contributed by atoms with E-state index < -0.39 is 0 Å². The fraction of sp³-hybridized carbons (Fsp3) is 0. The van der Waals surface area contributed by atoms with Gasteiger partial charge in [0.05, 0.1) is 0 Å². The van der Waals surface area contributed by atoms with E-state index in [0.29, 0.717) is 10.1 Å². The molecule has 0 rings (SSSR count). The predicted molar refractivity (Wildman–Crippen MR) is 15.7 cm³/mol. The Labute approximate surface area is 43.5 Å². The van der Waals surface area contributed by atoms with Crippen molar-refractivity contribution in [3.63, 3.8) is 0 Å². The molecule has 0 aliphatic carbocycles. The quantitative estimate of drug-likeness (QED) is 0.330. The second-order valence-corrected chi connectivity index (χ2v) is 0. The summed E-state index contributed by atoms with van der Waals surface area (Å²) in [6, 6.07) is 0. The molecule has 20 valence electrons. The van der Waals surface area contributed by atoms with E-state index in [2.05, 4.69) is 0 Å². The Morgan fingerprint density at radius 2 is 1.25 bits per heavy atom. The van der Waals surface area contributed by atoms with Crippen molar-refractivity contribution >= 4 is 33.2 Å². The molecule has 0 amide bonds. The van der Waals surface area contributed by atoms with Crippen molar-refractivity contribution in [1.29, 1.82) is 0 Å². The third-order valence-electron chi connectivity index (χ3n) is 0. The van der Waals surface area contributed by atoms with Gasteiger partial charge in [-0.25, -0.2) is 0 Å². The normalized spacial score (nSPS) is 1.00. The molecule has 0 saturated carbocycles. The number of hydrogen-bond acceptors (Lipinski definition) is 1. The van der Waals surface area contributed by atoms with Gasteiger partial charge in [-0.15, -0.1) is 0 Å². The summed E-state index contributed by atoms with van der Waals surface area (Å²) in [5.41, 5.74) is 0. The Morgan fingerprint density at radius 1 is 1.25 bits per heavy atom. The molecule has 0 aliphatic heterocycles. The average Bonchev–Trinajstić information content (AvgIpc) is 1.00. The van der Waals surface area contributed by atoms with Gasteiger partial charge in [0.1, 0.15) is 0 Å². The first-order valence-corrected chi connectivity index (χ1v) is 0.866. The zero-order valence-corrected chi connectivity index (χ0v) is 5.06. The topological polar surface area (TPSA) is 45.6 Å². The van der Waals surface area contributed by atoms with Crippen molar-refractivity contribution in [2.75, 3.05) is 0 Å². The van der Waals surface area contributed by atoms with Crippen LogP contribution in [0.25, 0.3) is 0 Å². The Bertz CT molecular complexity index is 6.00. The van der Waals surface area contributed by atoms with Gasteiger partial charge in [0.15, 0.2) is 0 Å². The van der Waals surface area contributed by atoms with E-state index >= 15 is 0 Å². The Hall–Kier alpha value is 0.743. The summed E-state index contributed by atoms with van der Waals surface area (Å²) in [7, 11) is 0.611. The monoisotopic (exact) mass is 86.0 g/mol. The number of rotatable bonds is 0. The molecule has 0 aromatic carbocycles. The van der Waals surface area contributed by atoms with Crippen molar-refractivity contribution in [3.05, 3.63) is 0 Å². The van der Waals surface area contributed by atoms with Crippen molar-refractivity contribution in [1.82, 2.24) is 0 Å². The standard InChI is InChI=1S/Mg.H2OSi.O/c;1-2;/h;2H2;/q+2;;-2. The van der Waals surface area contributed by atoms with Crippen LogP contribution in [0.1, 0.15) is 0 Å². The van der Waals surface area contributed by atoms with E-state index in [1.54, 1.807) is 0 Å². The largest absolute Gasteiger partial charge is 2.00 e. The summed E-state index contributed by atoms with van der Waals surface area (Å²) in [6.07, 6.45) is 0. The summed E-state index contributed by atoms with van der Waals surface area (Å²) >= 11 is 0. The molecule has 0 unspecified atom stereocenters. The van der Waals surface area contributed by atoms with Gasteiger partial charge >= 0.3 is 23.1 Å². The summed E-state index contributed by atoms with van der Waals surface area (Å²) in [6.45, 7) is 0. The Balaban J connectivity index is -0.00000000500. The van der Waals surface area contributed by atoms with Crippen molar-refractivity contribution in [2.24, 2.45) is 0 Å². The predicted octanol–water partition coefficient (Wildman–Crippen LogP) is -1.53. The van der Waals surface area contributed by atoms with E-state index in [9.17, 15) is 0 Å². The summed E-state index contributed by atoms with van der Waals surface area (Å²) in [5.74, 6) is 0.